The van der Waals surface area contributed by atoms with Crippen molar-refractivity contribution >= 4 is 0 Å². The number of ether oxygens (including phenoxy) is 1. The van der Waals surface area contributed by atoms with Crippen LogP contribution in [-0.4, -0.2) is 0 Å². The average Bonchev–Trinajstić information content (AvgIpc) is 2.40. The van der Waals surface area contributed by atoms with E-state index in [9.17, 15) is 17.6 Å². The predicted octanol–water partition coefficient (Wildman–Crippen LogP) is 5.76. The van der Waals surface area contributed by atoms with Crippen molar-refractivity contribution in [3.05, 3.63) is 59.4 Å². The Kier molecular flexibility index (Phi) is 4.21. The van der Waals surface area contributed by atoms with Crippen molar-refractivity contribution in [3.63, 3.8) is 0 Å². The summed E-state index contributed by atoms with van der Waals surface area (Å²) in [4.78, 5) is 0. The van der Waals surface area contributed by atoms with E-state index in [4.69, 9.17) is 4.74 Å². The van der Waals surface area contributed by atoms with Crippen LogP contribution in [0.15, 0.2) is 42.5 Å². The average molecular weight is 298 g/mol. The molecule has 0 radical (unpaired) electrons. The van der Waals surface area contributed by atoms with Crippen molar-refractivity contribution in [2.45, 2.75) is 25.9 Å². The van der Waals surface area contributed by atoms with E-state index in [0.29, 0.717) is 0 Å². The van der Waals surface area contributed by atoms with Gasteiger partial charge in [-0.2, -0.15) is 13.2 Å². The Balaban J connectivity index is 2.32. The molecule has 0 atom stereocenters. The molecule has 0 bridgehead atoms. The van der Waals surface area contributed by atoms with Gasteiger partial charge in [0.1, 0.15) is 5.75 Å². The summed E-state index contributed by atoms with van der Waals surface area (Å²) in [6.07, 6.45) is -4.46. The minimum absolute atomic E-state index is 0.0513. The molecule has 0 aliphatic rings. The van der Waals surface area contributed by atoms with Gasteiger partial charge in [0.15, 0.2) is 11.6 Å². The Labute approximate surface area is 120 Å². The number of alkyl halides is 3. The van der Waals surface area contributed by atoms with Crippen molar-refractivity contribution in [2.24, 2.45) is 0 Å². The third-order valence-electron chi connectivity index (χ3n) is 3.01. The molecule has 21 heavy (non-hydrogen) atoms. The lowest BCUT2D eigenvalue weighted by atomic mass is 10.0. The molecule has 0 aromatic heterocycles. The highest BCUT2D eigenvalue weighted by Crippen LogP contribution is 2.33. The molecule has 0 N–H and O–H groups in total. The van der Waals surface area contributed by atoms with Gasteiger partial charge in [-0.1, -0.05) is 26.0 Å². The lowest BCUT2D eigenvalue weighted by Gasteiger charge is -2.12. The monoisotopic (exact) mass is 298 g/mol. The van der Waals surface area contributed by atoms with Crippen molar-refractivity contribution in [1.29, 1.82) is 0 Å². The van der Waals surface area contributed by atoms with Crippen LogP contribution in [0.1, 0.15) is 30.9 Å². The highest BCUT2D eigenvalue weighted by molar-refractivity contribution is 5.38. The topological polar surface area (TPSA) is 9.23 Å². The first-order valence-electron chi connectivity index (χ1n) is 6.42. The molecule has 112 valence electrons. The van der Waals surface area contributed by atoms with E-state index < -0.39 is 17.6 Å². The van der Waals surface area contributed by atoms with Crippen molar-refractivity contribution in [1.82, 2.24) is 0 Å². The first-order chi connectivity index (χ1) is 9.77. The summed E-state index contributed by atoms with van der Waals surface area (Å²) in [6.45, 7) is 3.86. The number of hydrogen-bond donors (Lipinski definition) is 0. The largest absolute Gasteiger partial charge is 0.454 e. The Morgan fingerprint density at radius 2 is 1.71 bits per heavy atom. The standard InChI is InChI=1S/C16H14F4O/c1-10(2)11-6-7-14(17)15(8-11)21-13-5-3-4-12(9-13)16(18,19)20/h3-10H,1-2H3. The minimum Gasteiger partial charge on any atom is -0.454 e. The van der Waals surface area contributed by atoms with Gasteiger partial charge < -0.3 is 4.74 Å². The Bertz CT molecular complexity index is 632. The number of benzene rings is 2. The zero-order valence-corrected chi connectivity index (χ0v) is 11.5. The third kappa shape index (κ3) is 3.74. The number of rotatable bonds is 3. The summed E-state index contributed by atoms with van der Waals surface area (Å²) in [5.74, 6) is -0.587. The summed E-state index contributed by atoms with van der Waals surface area (Å²) in [5, 5.41) is 0. The number of halogens is 4. The fourth-order valence-electron chi connectivity index (χ4n) is 1.82. The van der Waals surface area contributed by atoms with Crippen LogP contribution in [0.2, 0.25) is 0 Å². The molecule has 1 nitrogen and oxygen atoms in total. The van der Waals surface area contributed by atoms with Gasteiger partial charge in [0.25, 0.3) is 0 Å². The first kappa shape index (κ1) is 15.4. The summed E-state index contributed by atoms with van der Waals surface area (Å²) >= 11 is 0. The van der Waals surface area contributed by atoms with E-state index in [-0.39, 0.29) is 17.4 Å². The lowest BCUT2D eigenvalue weighted by molar-refractivity contribution is -0.137. The molecule has 0 aliphatic heterocycles. The minimum atomic E-state index is -4.46. The van der Waals surface area contributed by atoms with E-state index in [0.717, 1.165) is 17.7 Å². The predicted molar refractivity (Wildman–Crippen MR) is 72.0 cm³/mol. The van der Waals surface area contributed by atoms with Crippen molar-refractivity contribution in [2.75, 3.05) is 0 Å². The molecule has 0 amide bonds. The van der Waals surface area contributed by atoms with Crippen LogP contribution in [0, 0.1) is 5.82 Å². The van der Waals surface area contributed by atoms with Gasteiger partial charge in [-0.3, -0.25) is 0 Å². The van der Waals surface area contributed by atoms with E-state index in [2.05, 4.69) is 0 Å². The molecule has 0 spiro atoms. The Hall–Kier alpha value is -2.04. The van der Waals surface area contributed by atoms with E-state index in [1.807, 2.05) is 13.8 Å². The fraction of sp³-hybridized carbons (Fsp3) is 0.250. The molecule has 2 rings (SSSR count). The zero-order valence-electron chi connectivity index (χ0n) is 11.5. The third-order valence-corrected chi connectivity index (χ3v) is 3.01. The van der Waals surface area contributed by atoms with Gasteiger partial charge in [-0.15, -0.1) is 0 Å². The molecule has 0 saturated heterocycles. The SMILES string of the molecule is CC(C)c1ccc(F)c(Oc2cccc(C(F)(F)F)c2)c1. The second-order valence-corrected chi connectivity index (χ2v) is 4.97. The normalized spacial score (nSPS) is 11.8. The van der Waals surface area contributed by atoms with Gasteiger partial charge in [0.05, 0.1) is 5.56 Å². The van der Waals surface area contributed by atoms with Crippen LogP contribution < -0.4 is 4.74 Å². The van der Waals surface area contributed by atoms with Crippen LogP contribution in [0.5, 0.6) is 11.5 Å². The molecule has 2 aromatic rings. The van der Waals surface area contributed by atoms with Crippen molar-refractivity contribution < 1.29 is 22.3 Å². The van der Waals surface area contributed by atoms with Gasteiger partial charge in [0, 0.05) is 0 Å². The molecular weight excluding hydrogens is 284 g/mol. The van der Waals surface area contributed by atoms with Gasteiger partial charge >= 0.3 is 6.18 Å². The van der Waals surface area contributed by atoms with Gasteiger partial charge in [0.2, 0.25) is 0 Å². The smallest absolute Gasteiger partial charge is 0.416 e. The van der Waals surface area contributed by atoms with Crippen LogP contribution in [0.25, 0.3) is 0 Å². The maximum absolute atomic E-state index is 13.7. The Morgan fingerprint density at radius 3 is 2.33 bits per heavy atom. The molecule has 0 fully saturated rings. The molecule has 0 unspecified atom stereocenters. The first-order valence-corrected chi connectivity index (χ1v) is 6.42. The molecule has 2 aromatic carbocycles. The van der Waals surface area contributed by atoms with E-state index in [1.54, 1.807) is 6.07 Å². The van der Waals surface area contributed by atoms with Crippen LogP contribution in [0.3, 0.4) is 0 Å². The number of hydrogen-bond acceptors (Lipinski definition) is 1. The van der Waals surface area contributed by atoms with Crippen LogP contribution in [0.4, 0.5) is 17.6 Å². The second-order valence-electron chi connectivity index (χ2n) is 4.97. The molecule has 0 heterocycles. The quantitative estimate of drug-likeness (QED) is 0.654. The summed E-state index contributed by atoms with van der Waals surface area (Å²) in [6, 6.07) is 8.74. The van der Waals surface area contributed by atoms with Gasteiger partial charge in [-0.05, 0) is 41.8 Å². The van der Waals surface area contributed by atoms with Gasteiger partial charge in [-0.25, -0.2) is 4.39 Å². The zero-order chi connectivity index (χ0) is 15.6. The highest BCUT2D eigenvalue weighted by atomic mass is 19.4. The van der Waals surface area contributed by atoms with E-state index >= 15 is 0 Å². The summed E-state index contributed by atoms with van der Waals surface area (Å²) in [5.41, 5.74) is 0.0128. The molecule has 5 heteroatoms. The molecule has 0 aliphatic carbocycles. The Morgan fingerprint density at radius 1 is 1.00 bits per heavy atom. The lowest BCUT2D eigenvalue weighted by Crippen LogP contribution is -2.04. The van der Waals surface area contributed by atoms with E-state index in [1.165, 1.54) is 24.3 Å². The molecular formula is C16H14F4O. The summed E-state index contributed by atoms with van der Waals surface area (Å²) < 4.78 is 56.8. The maximum atomic E-state index is 13.7. The molecule has 0 saturated carbocycles. The fourth-order valence-corrected chi connectivity index (χ4v) is 1.82. The maximum Gasteiger partial charge on any atom is 0.416 e. The summed E-state index contributed by atoms with van der Waals surface area (Å²) in [7, 11) is 0. The van der Waals surface area contributed by atoms with Crippen molar-refractivity contribution in [3.8, 4) is 11.5 Å². The second kappa shape index (κ2) is 5.76. The highest BCUT2D eigenvalue weighted by Gasteiger charge is 2.30. The van der Waals surface area contributed by atoms with Crippen LogP contribution >= 0.6 is 0 Å². The van der Waals surface area contributed by atoms with Crippen LogP contribution in [-0.2, 0) is 6.18 Å².